The minimum Gasteiger partial charge on any atom is -0.426 e. The lowest BCUT2D eigenvalue weighted by Crippen LogP contribution is -2.40. The first kappa shape index (κ1) is 21.5. The number of amides is 3. The minimum atomic E-state index is -0.558. The van der Waals surface area contributed by atoms with E-state index in [1.165, 1.54) is 4.90 Å². The lowest BCUT2D eigenvalue weighted by atomic mass is 9.63. The van der Waals surface area contributed by atoms with E-state index in [9.17, 15) is 19.2 Å². The zero-order chi connectivity index (χ0) is 24.7. The highest BCUT2D eigenvalue weighted by Gasteiger charge is 2.67. The summed E-state index contributed by atoms with van der Waals surface area (Å²) in [6.45, 7) is 2.25. The average molecular weight is 483 g/mol. The summed E-state index contributed by atoms with van der Waals surface area (Å²) in [7, 11) is 0. The quantitative estimate of drug-likeness (QED) is 0.288. The van der Waals surface area contributed by atoms with Gasteiger partial charge >= 0.3 is 5.97 Å². The van der Waals surface area contributed by atoms with Crippen molar-refractivity contribution in [2.75, 3.05) is 16.3 Å². The monoisotopic (exact) mass is 482 g/mol. The molecule has 2 heterocycles. The van der Waals surface area contributed by atoms with Crippen LogP contribution in [-0.4, -0.2) is 30.2 Å². The van der Waals surface area contributed by atoms with Crippen molar-refractivity contribution in [3.8, 4) is 5.75 Å². The number of allylic oxidation sites excluding steroid dienone is 2. The third-order valence-electron chi connectivity index (χ3n) is 8.78. The molecule has 2 aromatic rings. The van der Waals surface area contributed by atoms with E-state index in [0.29, 0.717) is 23.3 Å². The molecular weight excluding hydrogens is 456 g/mol. The van der Waals surface area contributed by atoms with Gasteiger partial charge in [0.25, 0.3) is 0 Å². The number of carbonyl (C=O) groups is 4. The highest BCUT2D eigenvalue weighted by Crippen LogP contribution is 2.65. The number of nitrogens with zero attached hydrogens (tertiary/aromatic N) is 2. The van der Waals surface area contributed by atoms with E-state index in [-0.39, 0.29) is 54.4 Å². The summed E-state index contributed by atoms with van der Waals surface area (Å²) < 4.78 is 5.56. The Morgan fingerprint density at radius 2 is 1.42 bits per heavy atom. The van der Waals surface area contributed by atoms with Crippen LogP contribution in [0.1, 0.15) is 18.4 Å². The maximum atomic E-state index is 13.3. The maximum absolute atomic E-state index is 13.3. The average Bonchev–Trinajstić information content (AvgIpc) is 3.56. The van der Waals surface area contributed by atoms with Crippen LogP contribution in [0.3, 0.4) is 0 Å². The van der Waals surface area contributed by atoms with Gasteiger partial charge in [0, 0.05) is 18.7 Å². The van der Waals surface area contributed by atoms with Crippen LogP contribution in [0, 0.1) is 48.3 Å². The van der Waals surface area contributed by atoms with Gasteiger partial charge in [0.05, 0.1) is 23.4 Å². The third-order valence-corrected chi connectivity index (χ3v) is 8.78. The van der Waals surface area contributed by atoms with Crippen molar-refractivity contribution in [2.24, 2.45) is 41.4 Å². The molecule has 0 N–H and O–H groups in total. The number of esters is 1. The molecule has 2 saturated heterocycles. The smallest absolute Gasteiger partial charge is 0.316 e. The predicted molar refractivity (Wildman–Crippen MR) is 131 cm³/mol. The second kappa shape index (κ2) is 7.63. The topological polar surface area (TPSA) is 84.0 Å². The molecular formula is C29H26N2O5. The number of anilines is 2. The molecule has 7 heteroatoms. The molecule has 3 amide bonds. The first-order valence-electron chi connectivity index (χ1n) is 12.7. The highest BCUT2D eigenvalue weighted by atomic mass is 16.5. The lowest BCUT2D eigenvalue weighted by molar-refractivity contribution is -0.139. The number of rotatable bonds is 4. The van der Waals surface area contributed by atoms with Crippen LogP contribution in [0.4, 0.5) is 11.4 Å². The van der Waals surface area contributed by atoms with E-state index >= 15 is 0 Å². The molecule has 2 saturated carbocycles. The molecule has 4 aliphatic carbocycles. The van der Waals surface area contributed by atoms with Crippen LogP contribution in [0.25, 0.3) is 0 Å². The van der Waals surface area contributed by atoms with Crippen LogP contribution in [-0.2, 0) is 19.2 Å². The molecule has 36 heavy (non-hydrogen) atoms. The Morgan fingerprint density at radius 1 is 0.833 bits per heavy atom. The molecule has 2 aliphatic heterocycles. The largest absolute Gasteiger partial charge is 0.426 e. The fourth-order valence-electron chi connectivity index (χ4n) is 6.91. The molecule has 0 aromatic heterocycles. The number of hydrogen-bond donors (Lipinski definition) is 0. The van der Waals surface area contributed by atoms with Gasteiger partial charge in [-0.25, -0.2) is 0 Å². The number of carbonyl (C=O) groups excluding carboxylic acids is 4. The second-order valence-corrected chi connectivity index (χ2v) is 10.8. The van der Waals surface area contributed by atoms with Gasteiger partial charge in [-0.1, -0.05) is 29.8 Å². The van der Waals surface area contributed by atoms with Gasteiger partial charge in [0.2, 0.25) is 17.7 Å². The molecule has 0 spiro atoms. The van der Waals surface area contributed by atoms with Gasteiger partial charge in [0.15, 0.2) is 0 Å². The van der Waals surface area contributed by atoms with E-state index in [1.807, 2.05) is 31.2 Å². The van der Waals surface area contributed by atoms with Crippen molar-refractivity contribution in [3.63, 3.8) is 0 Å². The number of imide groups is 1. The van der Waals surface area contributed by atoms with Crippen molar-refractivity contribution >= 4 is 35.1 Å². The summed E-state index contributed by atoms with van der Waals surface area (Å²) in [6.07, 6.45) is 5.55. The van der Waals surface area contributed by atoms with Gasteiger partial charge in [-0.15, -0.1) is 0 Å². The number of aryl methyl sites for hydroxylation is 1. The molecule has 6 aliphatic rings. The molecule has 0 unspecified atom stereocenters. The van der Waals surface area contributed by atoms with Crippen molar-refractivity contribution in [3.05, 3.63) is 66.2 Å². The second-order valence-electron chi connectivity index (χ2n) is 10.8. The predicted octanol–water partition coefficient (Wildman–Crippen LogP) is 3.51. The van der Waals surface area contributed by atoms with Gasteiger partial charge < -0.3 is 9.64 Å². The number of hydrogen-bond acceptors (Lipinski definition) is 5. The van der Waals surface area contributed by atoms with Gasteiger partial charge in [-0.2, -0.15) is 0 Å². The summed E-state index contributed by atoms with van der Waals surface area (Å²) >= 11 is 0. The van der Waals surface area contributed by atoms with Crippen LogP contribution in [0.15, 0.2) is 60.7 Å². The fraction of sp³-hybridized carbons (Fsp3) is 0.379. The van der Waals surface area contributed by atoms with E-state index < -0.39 is 11.9 Å². The Hall–Kier alpha value is -3.74. The number of ether oxygens (including phenoxy) is 1. The normalized spacial score (nSPS) is 33.7. The Morgan fingerprint density at radius 3 is 2.03 bits per heavy atom. The fourth-order valence-corrected chi connectivity index (χ4v) is 6.91. The van der Waals surface area contributed by atoms with E-state index in [1.54, 1.807) is 29.2 Å². The molecule has 182 valence electrons. The molecule has 8 rings (SSSR count). The molecule has 2 bridgehead atoms. The summed E-state index contributed by atoms with van der Waals surface area (Å²) in [6, 6.07) is 14.1. The Bertz CT molecular complexity index is 1290. The summed E-state index contributed by atoms with van der Waals surface area (Å²) in [4.78, 5) is 54.8. The van der Waals surface area contributed by atoms with Gasteiger partial charge in [-0.05, 0) is 73.4 Å². The zero-order valence-electron chi connectivity index (χ0n) is 19.9. The van der Waals surface area contributed by atoms with Crippen LogP contribution >= 0.6 is 0 Å². The standard InChI is InChI=1S/C29H26N2O5/c1-15-2-4-17(5-3-15)30-14-16(12-24(30)32)29(35)36-19-8-6-18(7-9-19)31-27(33)25-20-10-11-21(23-13-22(20)23)26(25)28(31)34/h2-11,16,20-23,25-26H,12-14H2,1H3/t16-,20+,21+,22+,23+,25-,26-/m0/s1. The van der Waals surface area contributed by atoms with Crippen molar-refractivity contribution in [1.82, 2.24) is 0 Å². The van der Waals surface area contributed by atoms with Gasteiger partial charge in [0.1, 0.15) is 5.75 Å². The molecule has 0 radical (unpaired) electrons. The van der Waals surface area contributed by atoms with Crippen molar-refractivity contribution < 1.29 is 23.9 Å². The van der Waals surface area contributed by atoms with Crippen LogP contribution in [0.5, 0.6) is 5.75 Å². The summed E-state index contributed by atoms with van der Waals surface area (Å²) in [5.74, 6) is -0.0387. The molecule has 7 atom stereocenters. The van der Waals surface area contributed by atoms with Crippen LogP contribution in [0.2, 0.25) is 0 Å². The molecule has 4 fully saturated rings. The maximum Gasteiger partial charge on any atom is 0.316 e. The highest BCUT2D eigenvalue weighted by molar-refractivity contribution is 6.22. The lowest BCUT2D eigenvalue weighted by Gasteiger charge is -2.37. The summed E-state index contributed by atoms with van der Waals surface area (Å²) in [5.41, 5.74) is 2.38. The summed E-state index contributed by atoms with van der Waals surface area (Å²) in [5, 5.41) is 0. The molecule has 7 nitrogen and oxygen atoms in total. The SMILES string of the molecule is Cc1ccc(N2C[C@@H](C(=O)Oc3ccc(N4C(=O)[C@H]5[C@@H]6C=C[C@H]([C@H]7C[C@H]67)[C@@H]5C4=O)cc3)CC2=O)cc1. The van der Waals surface area contributed by atoms with E-state index in [2.05, 4.69) is 12.2 Å². The first-order valence-corrected chi connectivity index (χ1v) is 12.7. The van der Waals surface area contributed by atoms with E-state index in [4.69, 9.17) is 4.74 Å². The van der Waals surface area contributed by atoms with Gasteiger partial charge in [-0.3, -0.25) is 24.1 Å². The Labute approximate surface area is 208 Å². The van der Waals surface area contributed by atoms with Crippen molar-refractivity contribution in [1.29, 1.82) is 0 Å². The van der Waals surface area contributed by atoms with Crippen molar-refractivity contribution in [2.45, 2.75) is 19.8 Å². The van der Waals surface area contributed by atoms with Crippen LogP contribution < -0.4 is 14.5 Å². The Kier molecular flexibility index (Phi) is 4.56. The van der Waals surface area contributed by atoms with E-state index in [0.717, 1.165) is 17.7 Å². The Balaban J connectivity index is 1.03. The third kappa shape index (κ3) is 3.11. The first-order chi connectivity index (χ1) is 17.4. The number of benzene rings is 2. The molecule has 2 aromatic carbocycles. The zero-order valence-corrected chi connectivity index (χ0v) is 19.9. The minimum absolute atomic E-state index is 0.0999.